The van der Waals surface area contributed by atoms with Gasteiger partial charge in [-0.3, -0.25) is 9.59 Å². The molecule has 7 rings (SSSR count). The Morgan fingerprint density at radius 2 is 1.93 bits per heavy atom. The Morgan fingerprint density at radius 1 is 1.02 bits per heavy atom. The summed E-state index contributed by atoms with van der Waals surface area (Å²) in [5.74, 6) is 0.963. The van der Waals surface area contributed by atoms with Crippen LogP contribution in [0.2, 0.25) is 0 Å². The molecule has 218 valence electrons. The normalized spacial score (nSPS) is 15.6. The van der Waals surface area contributed by atoms with Crippen molar-refractivity contribution in [2.45, 2.75) is 25.8 Å². The van der Waals surface area contributed by atoms with Gasteiger partial charge in [-0.05, 0) is 80.0 Å². The molecule has 0 fully saturated rings. The number of fused-ring (bicyclic) bond motifs is 6. The molecular formula is C33H33N7O3. The predicted molar refractivity (Wildman–Crippen MR) is 169 cm³/mol. The van der Waals surface area contributed by atoms with E-state index in [9.17, 15) is 9.59 Å². The second kappa shape index (κ2) is 11.0. The third kappa shape index (κ3) is 5.03. The Hall–Kier alpha value is -4.96. The Morgan fingerprint density at radius 3 is 2.81 bits per heavy atom. The predicted octanol–water partition coefficient (Wildman–Crippen LogP) is 4.66. The van der Waals surface area contributed by atoms with Crippen molar-refractivity contribution in [2.75, 3.05) is 44.0 Å². The molecular weight excluding hydrogens is 542 g/mol. The molecule has 0 saturated heterocycles. The van der Waals surface area contributed by atoms with E-state index in [-0.39, 0.29) is 18.1 Å². The summed E-state index contributed by atoms with van der Waals surface area (Å²) < 4.78 is 9.19. The average Bonchev–Trinajstić information content (AvgIpc) is 3.27. The first kappa shape index (κ1) is 26.9. The minimum absolute atomic E-state index is 0.0216. The van der Waals surface area contributed by atoms with Gasteiger partial charge in [-0.25, -0.2) is 14.3 Å². The molecule has 0 spiro atoms. The molecule has 0 radical (unpaired) electrons. The van der Waals surface area contributed by atoms with E-state index in [4.69, 9.17) is 9.72 Å². The first-order valence-electron chi connectivity index (χ1n) is 14.6. The van der Waals surface area contributed by atoms with Gasteiger partial charge < -0.3 is 19.9 Å². The largest absolute Gasteiger partial charge is 0.482 e. The molecule has 10 nitrogen and oxygen atoms in total. The molecule has 0 atom stereocenters. The monoisotopic (exact) mass is 575 g/mol. The van der Waals surface area contributed by atoms with Crippen molar-refractivity contribution in [3.05, 3.63) is 88.9 Å². The fourth-order valence-electron chi connectivity index (χ4n) is 5.86. The van der Waals surface area contributed by atoms with Crippen molar-refractivity contribution in [2.24, 2.45) is 0 Å². The Kier molecular flexibility index (Phi) is 6.90. The number of carbonyl (C=O) groups excluding carboxylic acids is 1. The molecule has 2 aromatic heterocycles. The van der Waals surface area contributed by atoms with Gasteiger partial charge in [-0.15, -0.1) is 0 Å². The van der Waals surface area contributed by atoms with Crippen LogP contribution in [0.5, 0.6) is 5.75 Å². The average molecular weight is 576 g/mol. The van der Waals surface area contributed by atoms with Crippen LogP contribution in [0.4, 0.5) is 17.3 Å². The van der Waals surface area contributed by atoms with Crippen LogP contribution in [-0.4, -0.2) is 63.9 Å². The van der Waals surface area contributed by atoms with E-state index in [1.165, 1.54) is 10.9 Å². The third-order valence-electron chi connectivity index (χ3n) is 8.06. The van der Waals surface area contributed by atoms with E-state index >= 15 is 0 Å². The zero-order valence-electron chi connectivity index (χ0n) is 24.3. The van der Waals surface area contributed by atoms with E-state index in [1.54, 1.807) is 15.8 Å². The molecule has 1 N–H and O–H groups in total. The summed E-state index contributed by atoms with van der Waals surface area (Å²) in [7, 11) is 4.17. The maximum atomic E-state index is 13.6. The second-order valence-electron chi connectivity index (χ2n) is 11.3. The zero-order valence-corrected chi connectivity index (χ0v) is 24.3. The summed E-state index contributed by atoms with van der Waals surface area (Å²) >= 11 is 0. The lowest BCUT2D eigenvalue weighted by molar-refractivity contribution is -0.121. The molecule has 43 heavy (non-hydrogen) atoms. The number of nitrogens with one attached hydrogen (secondary N) is 1. The lowest BCUT2D eigenvalue weighted by Crippen LogP contribution is -2.39. The highest BCUT2D eigenvalue weighted by Gasteiger charge is 2.27. The first-order valence-corrected chi connectivity index (χ1v) is 14.6. The highest BCUT2D eigenvalue weighted by molar-refractivity contribution is 5.98. The van der Waals surface area contributed by atoms with Crippen LogP contribution in [0, 0.1) is 0 Å². The first-order chi connectivity index (χ1) is 21.0. The standard InChI is InChI=1S/C33H33N7O3/c1-37(2)17-14-22-8-7-9-23-18-24(10-12-26(22)23)35-33-34-20-27-31(36-33)40-25-11-13-29-28(19-25)38(30(41)21-43-29)15-5-3-4-6-16-39(40)32(27)42/h4,6-13,18-20H,3,5,14-17,21H2,1-2H3,(H,34,35,36)/b6-4-. The fourth-order valence-corrected chi connectivity index (χ4v) is 5.86. The quantitative estimate of drug-likeness (QED) is 0.305. The molecule has 0 unspecified atom stereocenters. The van der Waals surface area contributed by atoms with Gasteiger partial charge in [-0.1, -0.05) is 36.4 Å². The van der Waals surface area contributed by atoms with E-state index in [0.29, 0.717) is 47.2 Å². The minimum atomic E-state index is -0.180. The van der Waals surface area contributed by atoms with Crippen molar-refractivity contribution in [3.8, 4) is 11.4 Å². The van der Waals surface area contributed by atoms with Gasteiger partial charge in [0.15, 0.2) is 12.3 Å². The van der Waals surface area contributed by atoms with Crippen molar-refractivity contribution in [3.63, 3.8) is 0 Å². The van der Waals surface area contributed by atoms with Crippen LogP contribution < -0.4 is 20.5 Å². The van der Waals surface area contributed by atoms with Gasteiger partial charge in [0.1, 0.15) is 11.1 Å². The summed E-state index contributed by atoms with van der Waals surface area (Å²) in [4.78, 5) is 39.7. The van der Waals surface area contributed by atoms with E-state index < -0.39 is 0 Å². The van der Waals surface area contributed by atoms with Crippen LogP contribution in [0.1, 0.15) is 18.4 Å². The molecule has 2 aliphatic rings. The molecule has 2 bridgehead atoms. The lowest BCUT2D eigenvalue weighted by Gasteiger charge is -2.30. The number of allylic oxidation sites excluding steroid dienone is 2. The maximum absolute atomic E-state index is 13.6. The summed E-state index contributed by atoms with van der Waals surface area (Å²) in [6.45, 7) is 1.99. The number of likely N-dealkylation sites (N-methyl/N-ethyl adjacent to an activating group) is 1. The number of hydrogen-bond donors (Lipinski definition) is 1. The lowest BCUT2D eigenvalue weighted by atomic mass is 10.0. The van der Waals surface area contributed by atoms with Crippen molar-refractivity contribution in [1.82, 2.24) is 24.2 Å². The summed E-state index contributed by atoms with van der Waals surface area (Å²) in [5.41, 5.74) is 3.88. The molecule has 0 aliphatic carbocycles. The molecule has 1 amide bonds. The smallest absolute Gasteiger partial charge is 0.278 e. The maximum Gasteiger partial charge on any atom is 0.278 e. The van der Waals surface area contributed by atoms with Gasteiger partial charge in [0.2, 0.25) is 5.95 Å². The molecule has 0 saturated carbocycles. The van der Waals surface area contributed by atoms with Crippen LogP contribution >= 0.6 is 0 Å². The van der Waals surface area contributed by atoms with Crippen molar-refractivity contribution >= 4 is 45.0 Å². The Balaban J connectivity index is 1.30. The number of hydrogen-bond acceptors (Lipinski definition) is 7. The number of carbonyl (C=O) groups is 1. The SMILES string of the molecule is CN(C)CCc1cccc2cc(Nc3ncc4c(=O)n5n(c4n3)-c3ccc4c(c3)N(CCC/C=C\C5)C(=O)CO4)ccc12. The number of benzene rings is 3. The number of anilines is 3. The summed E-state index contributed by atoms with van der Waals surface area (Å²) in [5, 5.41) is 6.12. The Bertz CT molecular complexity index is 1960. The number of amides is 1. The summed E-state index contributed by atoms with van der Waals surface area (Å²) in [6.07, 6.45) is 8.21. The van der Waals surface area contributed by atoms with Gasteiger partial charge in [0.05, 0.1) is 17.9 Å². The molecule has 2 aliphatic heterocycles. The van der Waals surface area contributed by atoms with E-state index in [1.807, 2.05) is 35.0 Å². The third-order valence-corrected chi connectivity index (χ3v) is 8.06. The number of nitrogens with zero attached hydrogens (tertiary/aromatic N) is 6. The van der Waals surface area contributed by atoms with Crippen molar-refractivity contribution in [1.29, 1.82) is 0 Å². The van der Waals surface area contributed by atoms with Crippen LogP contribution in [-0.2, 0) is 17.8 Å². The van der Waals surface area contributed by atoms with Crippen LogP contribution in [0.25, 0.3) is 27.5 Å². The second-order valence-corrected chi connectivity index (χ2v) is 11.3. The van der Waals surface area contributed by atoms with Crippen molar-refractivity contribution < 1.29 is 9.53 Å². The van der Waals surface area contributed by atoms with E-state index in [2.05, 4.69) is 65.7 Å². The molecule has 4 heterocycles. The highest BCUT2D eigenvalue weighted by Crippen LogP contribution is 2.35. The molecule has 5 aromatic rings. The number of aromatic nitrogens is 4. The van der Waals surface area contributed by atoms with Gasteiger partial charge in [0.25, 0.3) is 11.5 Å². The van der Waals surface area contributed by atoms with Gasteiger partial charge >= 0.3 is 0 Å². The van der Waals surface area contributed by atoms with Crippen LogP contribution in [0.15, 0.2) is 77.7 Å². The molecule has 10 heteroatoms. The Labute approximate surface area is 248 Å². The molecule has 3 aromatic carbocycles. The number of rotatable bonds is 5. The van der Waals surface area contributed by atoms with Gasteiger partial charge in [-0.2, -0.15) is 4.98 Å². The summed E-state index contributed by atoms with van der Waals surface area (Å²) in [6, 6.07) is 18.3. The minimum Gasteiger partial charge on any atom is -0.482 e. The topological polar surface area (TPSA) is 97.5 Å². The van der Waals surface area contributed by atoms with Gasteiger partial charge in [0, 0.05) is 25.0 Å². The zero-order chi connectivity index (χ0) is 29.5. The van der Waals surface area contributed by atoms with E-state index in [0.717, 1.165) is 36.9 Å². The number of ether oxygens (including phenoxy) is 1. The fraction of sp³-hybridized carbons (Fsp3) is 0.273. The highest BCUT2D eigenvalue weighted by atomic mass is 16.5. The van der Waals surface area contributed by atoms with Crippen LogP contribution in [0.3, 0.4) is 0 Å².